The van der Waals surface area contributed by atoms with E-state index >= 15 is 0 Å². The summed E-state index contributed by atoms with van der Waals surface area (Å²) in [5.41, 5.74) is 2.39. The maximum atomic E-state index is 10.7. The first-order valence-electron chi connectivity index (χ1n) is 7.71. The molecule has 2 rings (SSSR count). The van der Waals surface area contributed by atoms with Crippen LogP contribution in [-0.2, 0) is 11.8 Å². The molecule has 19 heavy (non-hydrogen) atoms. The summed E-state index contributed by atoms with van der Waals surface area (Å²) in [6, 6.07) is 8.83. The second kappa shape index (κ2) is 5.66. The molecule has 0 amide bonds. The van der Waals surface area contributed by atoms with Crippen molar-refractivity contribution in [3.05, 3.63) is 35.4 Å². The van der Waals surface area contributed by atoms with Crippen LogP contribution in [0.25, 0.3) is 0 Å². The Bertz CT molecular complexity index is 389. The van der Waals surface area contributed by atoms with Crippen molar-refractivity contribution < 1.29 is 5.11 Å². The third-order valence-electron chi connectivity index (χ3n) is 4.39. The zero-order valence-corrected chi connectivity index (χ0v) is 12.7. The van der Waals surface area contributed by atoms with Crippen LogP contribution in [0.2, 0.25) is 0 Å². The highest BCUT2D eigenvalue weighted by Crippen LogP contribution is 2.31. The number of aliphatic hydroxyl groups is 1. The zero-order valence-electron chi connectivity index (χ0n) is 12.7. The summed E-state index contributed by atoms with van der Waals surface area (Å²) in [6.07, 6.45) is 7.67. The SMILES string of the molecule is CC(C)(C)c1ccc(CC2(O)CCCCCC2)cc1. The molecule has 1 N–H and O–H groups in total. The lowest BCUT2D eigenvalue weighted by Crippen LogP contribution is -2.30. The third-order valence-corrected chi connectivity index (χ3v) is 4.39. The highest BCUT2D eigenvalue weighted by atomic mass is 16.3. The molecule has 0 heterocycles. The molecule has 0 atom stereocenters. The molecule has 1 aromatic rings. The number of hydrogen-bond donors (Lipinski definition) is 1. The topological polar surface area (TPSA) is 20.2 Å². The molecule has 0 saturated heterocycles. The maximum absolute atomic E-state index is 10.7. The smallest absolute Gasteiger partial charge is 0.0688 e. The predicted molar refractivity (Wildman–Crippen MR) is 81.5 cm³/mol. The minimum Gasteiger partial charge on any atom is -0.390 e. The van der Waals surface area contributed by atoms with Crippen LogP contribution in [-0.4, -0.2) is 10.7 Å². The largest absolute Gasteiger partial charge is 0.390 e. The first-order chi connectivity index (χ1) is 8.89. The normalized spacial score (nSPS) is 20.0. The number of hydrogen-bond acceptors (Lipinski definition) is 1. The van der Waals surface area contributed by atoms with Gasteiger partial charge in [0.15, 0.2) is 0 Å². The van der Waals surface area contributed by atoms with E-state index in [-0.39, 0.29) is 5.41 Å². The summed E-state index contributed by atoms with van der Waals surface area (Å²) in [7, 11) is 0. The van der Waals surface area contributed by atoms with E-state index in [9.17, 15) is 5.11 Å². The minimum absolute atomic E-state index is 0.206. The Morgan fingerprint density at radius 2 is 1.47 bits per heavy atom. The molecule has 1 aromatic carbocycles. The monoisotopic (exact) mass is 260 g/mol. The van der Waals surface area contributed by atoms with E-state index in [1.807, 2.05) is 0 Å². The van der Waals surface area contributed by atoms with Crippen molar-refractivity contribution in [3.63, 3.8) is 0 Å². The van der Waals surface area contributed by atoms with Crippen LogP contribution in [0.4, 0.5) is 0 Å². The van der Waals surface area contributed by atoms with Gasteiger partial charge in [0.25, 0.3) is 0 Å². The van der Waals surface area contributed by atoms with Crippen LogP contribution in [0.3, 0.4) is 0 Å². The molecule has 1 fully saturated rings. The molecular formula is C18H28O. The van der Waals surface area contributed by atoms with Gasteiger partial charge in [-0.15, -0.1) is 0 Å². The zero-order chi connectivity index (χ0) is 13.9. The second-order valence-electron chi connectivity index (χ2n) is 7.26. The van der Waals surface area contributed by atoms with Gasteiger partial charge in [-0.1, -0.05) is 70.7 Å². The lowest BCUT2D eigenvalue weighted by atomic mass is 9.84. The lowest BCUT2D eigenvalue weighted by molar-refractivity contribution is 0.0252. The van der Waals surface area contributed by atoms with E-state index in [4.69, 9.17) is 0 Å². The average molecular weight is 260 g/mol. The van der Waals surface area contributed by atoms with E-state index in [0.717, 1.165) is 19.3 Å². The molecule has 1 aliphatic rings. The van der Waals surface area contributed by atoms with Crippen molar-refractivity contribution in [2.24, 2.45) is 0 Å². The van der Waals surface area contributed by atoms with E-state index in [0.29, 0.717) is 0 Å². The van der Waals surface area contributed by atoms with E-state index in [1.165, 1.54) is 36.8 Å². The minimum atomic E-state index is -0.459. The molecular weight excluding hydrogens is 232 g/mol. The van der Waals surface area contributed by atoms with Crippen molar-refractivity contribution in [3.8, 4) is 0 Å². The van der Waals surface area contributed by atoms with Gasteiger partial charge < -0.3 is 5.11 Å². The first kappa shape index (κ1) is 14.6. The maximum Gasteiger partial charge on any atom is 0.0688 e. The van der Waals surface area contributed by atoms with Gasteiger partial charge in [0, 0.05) is 6.42 Å². The summed E-state index contributed by atoms with van der Waals surface area (Å²) in [5, 5.41) is 10.7. The molecule has 0 bridgehead atoms. The van der Waals surface area contributed by atoms with E-state index in [2.05, 4.69) is 45.0 Å². The van der Waals surface area contributed by atoms with Gasteiger partial charge in [0.05, 0.1) is 5.60 Å². The van der Waals surface area contributed by atoms with Crippen molar-refractivity contribution in [2.45, 2.75) is 76.7 Å². The van der Waals surface area contributed by atoms with Gasteiger partial charge in [-0.25, -0.2) is 0 Å². The average Bonchev–Trinajstić information content (AvgIpc) is 2.53. The molecule has 0 radical (unpaired) electrons. The summed E-state index contributed by atoms with van der Waals surface area (Å²) in [5.74, 6) is 0. The Balaban J connectivity index is 2.06. The summed E-state index contributed by atoms with van der Waals surface area (Å²) >= 11 is 0. The van der Waals surface area contributed by atoms with Gasteiger partial charge >= 0.3 is 0 Å². The Kier molecular flexibility index (Phi) is 4.35. The van der Waals surface area contributed by atoms with E-state index in [1.54, 1.807) is 0 Å². The summed E-state index contributed by atoms with van der Waals surface area (Å²) < 4.78 is 0. The van der Waals surface area contributed by atoms with Crippen LogP contribution >= 0.6 is 0 Å². The van der Waals surface area contributed by atoms with Crippen LogP contribution < -0.4 is 0 Å². The molecule has 0 spiro atoms. The van der Waals surface area contributed by atoms with Crippen LogP contribution in [0.5, 0.6) is 0 Å². The lowest BCUT2D eigenvalue weighted by Gasteiger charge is -2.27. The molecule has 106 valence electrons. The number of rotatable bonds is 2. The molecule has 0 aliphatic heterocycles. The van der Waals surface area contributed by atoms with Crippen molar-refractivity contribution in [1.82, 2.24) is 0 Å². The molecule has 0 unspecified atom stereocenters. The number of benzene rings is 1. The Labute approximate surface area is 118 Å². The van der Waals surface area contributed by atoms with Gasteiger partial charge in [-0.3, -0.25) is 0 Å². The molecule has 0 aromatic heterocycles. The van der Waals surface area contributed by atoms with Gasteiger partial charge in [-0.2, -0.15) is 0 Å². The van der Waals surface area contributed by atoms with Crippen molar-refractivity contribution >= 4 is 0 Å². The Hall–Kier alpha value is -0.820. The fraction of sp³-hybridized carbons (Fsp3) is 0.667. The van der Waals surface area contributed by atoms with Gasteiger partial charge in [-0.05, 0) is 29.4 Å². The van der Waals surface area contributed by atoms with Gasteiger partial charge in [0.1, 0.15) is 0 Å². The molecule has 1 nitrogen and oxygen atoms in total. The van der Waals surface area contributed by atoms with Crippen molar-refractivity contribution in [1.29, 1.82) is 0 Å². The highest BCUT2D eigenvalue weighted by Gasteiger charge is 2.28. The third kappa shape index (κ3) is 4.07. The summed E-state index contributed by atoms with van der Waals surface area (Å²) in [4.78, 5) is 0. The van der Waals surface area contributed by atoms with Crippen molar-refractivity contribution in [2.75, 3.05) is 0 Å². The Morgan fingerprint density at radius 1 is 0.947 bits per heavy atom. The fourth-order valence-electron chi connectivity index (χ4n) is 3.07. The van der Waals surface area contributed by atoms with Crippen LogP contribution in [0, 0.1) is 0 Å². The fourth-order valence-corrected chi connectivity index (χ4v) is 3.07. The molecule has 1 saturated carbocycles. The summed E-state index contributed by atoms with van der Waals surface area (Å²) in [6.45, 7) is 6.71. The second-order valence-corrected chi connectivity index (χ2v) is 7.26. The Morgan fingerprint density at radius 3 is 1.95 bits per heavy atom. The predicted octanol–water partition coefficient (Wildman–Crippen LogP) is 4.61. The molecule has 1 aliphatic carbocycles. The molecule has 1 heteroatoms. The quantitative estimate of drug-likeness (QED) is 0.770. The van der Waals surface area contributed by atoms with E-state index < -0.39 is 5.60 Å². The standard InChI is InChI=1S/C18H28O/c1-17(2,3)16-10-8-15(9-11-16)14-18(19)12-6-4-5-7-13-18/h8-11,19H,4-7,12-14H2,1-3H3. The van der Waals surface area contributed by atoms with Gasteiger partial charge in [0.2, 0.25) is 0 Å². The first-order valence-corrected chi connectivity index (χ1v) is 7.71. The van der Waals surface area contributed by atoms with Crippen LogP contribution in [0.1, 0.15) is 70.4 Å². The highest BCUT2D eigenvalue weighted by molar-refractivity contribution is 5.28. The van der Waals surface area contributed by atoms with Crippen LogP contribution in [0.15, 0.2) is 24.3 Å².